The summed E-state index contributed by atoms with van der Waals surface area (Å²) in [5, 5.41) is 29.3. The summed E-state index contributed by atoms with van der Waals surface area (Å²) >= 11 is 9.30. The number of aromatic nitrogens is 3. The Morgan fingerprint density at radius 2 is 2.15 bits per heavy atom. The molecular formula is C11H11BrClN3O4. The van der Waals surface area contributed by atoms with Crippen LogP contribution in [-0.4, -0.2) is 54.8 Å². The number of pyridine rings is 1. The standard InChI is InChI=1S/C11H11BrClN3O4/c12-6-1-4(13)7-10(15-6)16(3-14-7)11-9(19)8(18)5(2-17)20-11/h1,3,5,8-9,11,17-19H,2H2/t5-,8-,9-,11-/m1/s1. The van der Waals surface area contributed by atoms with Gasteiger partial charge in [0.25, 0.3) is 0 Å². The van der Waals surface area contributed by atoms with Gasteiger partial charge in [-0.25, -0.2) is 9.97 Å². The average Bonchev–Trinajstić information content (AvgIpc) is 2.93. The van der Waals surface area contributed by atoms with Crippen molar-refractivity contribution < 1.29 is 20.1 Å². The molecule has 0 aromatic carbocycles. The number of halogens is 2. The fraction of sp³-hybridized carbons (Fsp3) is 0.455. The average molecular weight is 365 g/mol. The molecule has 2 aromatic heterocycles. The van der Waals surface area contributed by atoms with Gasteiger partial charge >= 0.3 is 0 Å². The summed E-state index contributed by atoms with van der Waals surface area (Å²) in [6, 6.07) is 1.61. The first kappa shape index (κ1) is 14.2. The van der Waals surface area contributed by atoms with Crippen LogP contribution in [0.3, 0.4) is 0 Å². The first-order valence-electron chi connectivity index (χ1n) is 5.84. The monoisotopic (exact) mass is 363 g/mol. The summed E-state index contributed by atoms with van der Waals surface area (Å²) in [6.45, 7) is -0.390. The van der Waals surface area contributed by atoms with Gasteiger partial charge in [0.05, 0.1) is 18.0 Å². The zero-order chi connectivity index (χ0) is 14.4. The second kappa shape index (κ2) is 5.21. The van der Waals surface area contributed by atoms with E-state index in [0.717, 1.165) is 0 Å². The van der Waals surface area contributed by atoms with Crippen LogP contribution in [0, 0.1) is 0 Å². The smallest absolute Gasteiger partial charge is 0.165 e. The van der Waals surface area contributed by atoms with E-state index in [4.69, 9.17) is 21.4 Å². The van der Waals surface area contributed by atoms with Crippen LogP contribution < -0.4 is 0 Å². The Balaban J connectivity index is 2.07. The first-order valence-corrected chi connectivity index (χ1v) is 7.01. The Hall–Kier alpha value is -0.770. The minimum absolute atomic E-state index is 0.390. The van der Waals surface area contributed by atoms with E-state index < -0.39 is 24.5 Å². The summed E-state index contributed by atoms with van der Waals surface area (Å²) in [5.41, 5.74) is 0.881. The number of aliphatic hydroxyl groups excluding tert-OH is 3. The molecule has 0 spiro atoms. The number of nitrogens with zero attached hydrogens (tertiary/aromatic N) is 3. The zero-order valence-electron chi connectivity index (χ0n) is 10.0. The molecular weight excluding hydrogens is 353 g/mol. The van der Waals surface area contributed by atoms with Crippen molar-refractivity contribution in [2.45, 2.75) is 24.5 Å². The third kappa shape index (κ3) is 2.12. The van der Waals surface area contributed by atoms with E-state index in [1.165, 1.54) is 10.9 Å². The Labute approximate surface area is 126 Å². The second-order valence-electron chi connectivity index (χ2n) is 4.48. The fourth-order valence-electron chi connectivity index (χ4n) is 2.24. The molecule has 0 amide bonds. The molecule has 0 unspecified atom stereocenters. The lowest BCUT2D eigenvalue weighted by molar-refractivity contribution is -0.0511. The molecule has 3 heterocycles. The number of imidazole rings is 1. The minimum atomic E-state index is -1.19. The second-order valence-corrected chi connectivity index (χ2v) is 5.70. The molecule has 2 aromatic rings. The highest BCUT2D eigenvalue weighted by Gasteiger charge is 2.43. The Morgan fingerprint density at radius 1 is 1.40 bits per heavy atom. The van der Waals surface area contributed by atoms with Gasteiger partial charge in [0.1, 0.15) is 28.4 Å². The van der Waals surface area contributed by atoms with Crippen LogP contribution in [0.25, 0.3) is 11.2 Å². The molecule has 1 aliphatic heterocycles. The quantitative estimate of drug-likeness (QED) is 0.669. The predicted molar refractivity (Wildman–Crippen MR) is 73.2 cm³/mol. The normalized spacial score (nSPS) is 30.2. The summed E-state index contributed by atoms with van der Waals surface area (Å²) in [5.74, 6) is 0. The van der Waals surface area contributed by atoms with Crippen molar-refractivity contribution in [1.29, 1.82) is 0 Å². The number of aliphatic hydroxyl groups is 3. The molecule has 108 valence electrons. The van der Waals surface area contributed by atoms with Crippen molar-refractivity contribution in [3.05, 3.63) is 22.0 Å². The molecule has 1 aliphatic rings. The van der Waals surface area contributed by atoms with Gasteiger partial charge in [-0.15, -0.1) is 0 Å². The lowest BCUT2D eigenvalue weighted by Crippen LogP contribution is -2.33. The van der Waals surface area contributed by atoms with E-state index in [1.54, 1.807) is 6.07 Å². The molecule has 7 nitrogen and oxygen atoms in total. The summed E-state index contributed by atoms with van der Waals surface area (Å²) < 4.78 is 7.44. The van der Waals surface area contributed by atoms with Crippen molar-refractivity contribution in [2.24, 2.45) is 0 Å². The van der Waals surface area contributed by atoms with Crippen LogP contribution in [0.4, 0.5) is 0 Å². The predicted octanol–water partition coefficient (Wildman–Crippen LogP) is 0.459. The highest BCUT2D eigenvalue weighted by atomic mass is 79.9. The van der Waals surface area contributed by atoms with E-state index >= 15 is 0 Å². The van der Waals surface area contributed by atoms with Gasteiger partial charge in [-0.1, -0.05) is 11.6 Å². The summed E-state index contributed by atoms with van der Waals surface area (Å²) in [6.07, 6.45) is -2.68. The molecule has 1 fully saturated rings. The van der Waals surface area contributed by atoms with E-state index in [0.29, 0.717) is 20.8 Å². The molecule has 4 atom stereocenters. The number of hydrogen-bond donors (Lipinski definition) is 3. The highest BCUT2D eigenvalue weighted by Crippen LogP contribution is 2.33. The summed E-state index contributed by atoms with van der Waals surface area (Å²) in [4.78, 5) is 8.38. The van der Waals surface area contributed by atoms with Crippen LogP contribution in [0.5, 0.6) is 0 Å². The molecule has 3 rings (SSSR count). The van der Waals surface area contributed by atoms with Gasteiger partial charge in [0.15, 0.2) is 11.9 Å². The van der Waals surface area contributed by atoms with Crippen molar-refractivity contribution in [3.8, 4) is 0 Å². The molecule has 3 N–H and O–H groups in total. The highest BCUT2D eigenvalue weighted by molar-refractivity contribution is 9.10. The first-order chi connectivity index (χ1) is 9.52. The van der Waals surface area contributed by atoms with E-state index in [-0.39, 0.29) is 6.61 Å². The number of fused-ring (bicyclic) bond motifs is 1. The maximum atomic E-state index is 10.0. The van der Waals surface area contributed by atoms with E-state index in [2.05, 4.69) is 25.9 Å². The molecule has 20 heavy (non-hydrogen) atoms. The molecule has 9 heteroatoms. The molecule has 0 saturated carbocycles. The largest absolute Gasteiger partial charge is 0.394 e. The van der Waals surface area contributed by atoms with Gasteiger partial charge in [0.2, 0.25) is 0 Å². The molecule has 0 aliphatic carbocycles. The number of hydrogen-bond acceptors (Lipinski definition) is 6. The van der Waals surface area contributed by atoms with E-state index in [9.17, 15) is 10.2 Å². The Morgan fingerprint density at radius 3 is 2.80 bits per heavy atom. The zero-order valence-corrected chi connectivity index (χ0v) is 12.4. The maximum absolute atomic E-state index is 10.0. The van der Waals surface area contributed by atoms with Crippen molar-refractivity contribution in [1.82, 2.24) is 14.5 Å². The summed E-state index contributed by atoms with van der Waals surface area (Å²) in [7, 11) is 0. The maximum Gasteiger partial charge on any atom is 0.165 e. The van der Waals surface area contributed by atoms with Crippen molar-refractivity contribution >= 4 is 38.7 Å². The van der Waals surface area contributed by atoms with Crippen LogP contribution in [0.2, 0.25) is 5.02 Å². The van der Waals surface area contributed by atoms with Gasteiger partial charge < -0.3 is 20.1 Å². The number of rotatable bonds is 2. The van der Waals surface area contributed by atoms with Gasteiger partial charge in [-0.05, 0) is 22.0 Å². The topological polar surface area (TPSA) is 101 Å². The SMILES string of the molecule is OC[C@H]1O[C@@H](n2cnc3c(Cl)cc(Br)nc32)[C@H](O)[C@@H]1O. The number of ether oxygens (including phenoxy) is 1. The van der Waals surface area contributed by atoms with Gasteiger partial charge in [-0.3, -0.25) is 4.57 Å². The lowest BCUT2D eigenvalue weighted by atomic mass is 10.1. The Bertz CT molecular complexity index is 652. The van der Waals surface area contributed by atoms with Crippen molar-refractivity contribution in [3.63, 3.8) is 0 Å². The van der Waals surface area contributed by atoms with Crippen LogP contribution >= 0.6 is 27.5 Å². The van der Waals surface area contributed by atoms with Gasteiger partial charge in [-0.2, -0.15) is 0 Å². The van der Waals surface area contributed by atoms with Crippen LogP contribution in [0.1, 0.15) is 6.23 Å². The Kier molecular flexibility index (Phi) is 3.69. The molecule has 0 bridgehead atoms. The van der Waals surface area contributed by atoms with Gasteiger partial charge in [0, 0.05) is 0 Å². The third-order valence-corrected chi connectivity index (χ3v) is 3.94. The molecule has 1 saturated heterocycles. The van der Waals surface area contributed by atoms with Crippen molar-refractivity contribution in [2.75, 3.05) is 6.61 Å². The van der Waals surface area contributed by atoms with E-state index in [1.807, 2.05) is 0 Å². The van der Waals surface area contributed by atoms with Crippen LogP contribution in [-0.2, 0) is 4.74 Å². The third-order valence-electron chi connectivity index (χ3n) is 3.24. The van der Waals surface area contributed by atoms with Crippen LogP contribution in [0.15, 0.2) is 17.0 Å². The minimum Gasteiger partial charge on any atom is -0.394 e. The molecule has 0 radical (unpaired) electrons. The lowest BCUT2D eigenvalue weighted by Gasteiger charge is -2.16. The fourth-order valence-corrected chi connectivity index (χ4v) is 3.00.